The van der Waals surface area contributed by atoms with E-state index in [0.717, 1.165) is 12.1 Å². The van der Waals surface area contributed by atoms with Gasteiger partial charge in [0.1, 0.15) is 12.1 Å². The van der Waals surface area contributed by atoms with Gasteiger partial charge in [-0.3, -0.25) is 4.79 Å². The van der Waals surface area contributed by atoms with Crippen molar-refractivity contribution in [2.24, 2.45) is 5.73 Å². The zero-order chi connectivity index (χ0) is 22.2. The van der Waals surface area contributed by atoms with Crippen LogP contribution in [-0.2, 0) is 6.18 Å². The molecule has 0 saturated carbocycles. The van der Waals surface area contributed by atoms with Crippen molar-refractivity contribution in [3.8, 4) is 0 Å². The number of nitrogens with one attached hydrogen (secondary N) is 2. The Labute approximate surface area is 174 Å². The molecular weight excluding hydrogens is 414 g/mol. The maximum absolute atomic E-state index is 14.2. The van der Waals surface area contributed by atoms with E-state index in [-0.39, 0.29) is 17.5 Å². The maximum Gasteiger partial charge on any atom is 0.419 e. The molecule has 162 valence electrons. The van der Waals surface area contributed by atoms with Gasteiger partial charge in [0.15, 0.2) is 0 Å². The largest absolute Gasteiger partial charge is 0.419 e. The minimum absolute atomic E-state index is 0.228. The zero-order valence-electron chi connectivity index (χ0n) is 16.2. The SMILES string of the molecule is NC(=O)c1ccc(N[C@H]2CNCCC2c2ccc(C(F)(F)F)c(F)c2)c2cncnc12. The number of nitrogens with two attached hydrogens (primary N) is 1. The molecule has 1 aliphatic rings. The summed E-state index contributed by atoms with van der Waals surface area (Å²) < 4.78 is 52.9. The lowest BCUT2D eigenvalue weighted by atomic mass is 9.85. The summed E-state index contributed by atoms with van der Waals surface area (Å²) in [4.78, 5) is 19.9. The van der Waals surface area contributed by atoms with E-state index in [4.69, 9.17) is 5.73 Å². The number of carbonyl (C=O) groups excluding carboxylic acids is 1. The lowest BCUT2D eigenvalue weighted by molar-refractivity contribution is -0.140. The molecule has 0 bridgehead atoms. The van der Waals surface area contributed by atoms with Gasteiger partial charge >= 0.3 is 6.18 Å². The Balaban J connectivity index is 1.68. The summed E-state index contributed by atoms with van der Waals surface area (Å²) in [5.41, 5.74) is 5.93. The van der Waals surface area contributed by atoms with E-state index in [1.807, 2.05) is 0 Å². The highest BCUT2D eigenvalue weighted by molar-refractivity contribution is 6.07. The van der Waals surface area contributed by atoms with E-state index in [0.29, 0.717) is 41.7 Å². The van der Waals surface area contributed by atoms with E-state index in [1.54, 1.807) is 18.3 Å². The molecule has 2 aromatic carbocycles. The second-order valence-corrected chi connectivity index (χ2v) is 7.40. The number of carbonyl (C=O) groups is 1. The second kappa shape index (κ2) is 8.10. The highest BCUT2D eigenvalue weighted by Crippen LogP contribution is 2.35. The summed E-state index contributed by atoms with van der Waals surface area (Å²) in [5.74, 6) is -2.13. The fourth-order valence-corrected chi connectivity index (χ4v) is 4.00. The van der Waals surface area contributed by atoms with Crippen molar-refractivity contribution in [1.29, 1.82) is 0 Å². The zero-order valence-corrected chi connectivity index (χ0v) is 16.2. The van der Waals surface area contributed by atoms with Crippen molar-refractivity contribution in [2.75, 3.05) is 18.4 Å². The summed E-state index contributed by atoms with van der Waals surface area (Å²) in [6.07, 6.45) is -1.26. The summed E-state index contributed by atoms with van der Waals surface area (Å²) >= 11 is 0. The molecule has 4 N–H and O–H groups in total. The van der Waals surface area contributed by atoms with Crippen molar-refractivity contribution in [1.82, 2.24) is 15.3 Å². The van der Waals surface area contributed by atoms with Crippen LogP contribution in [0.4, 0.5) is 23.2 Å². The van der Waals surface area contributed by atoms with Crippen molar-refractivity contribution >= 4 is 22.5 Å². The lowest BCUT2D eigenvalue weighted by Gasteiger charge is -2.34. The van der Waals surface area contributed by atoms with Crippen LogP contribution in [0.15, 0.2) is 42.9 Å². The number of rotatable bonds is 4. The van der Waals surface area contributed by atoms with Crippen LogP contribution in [0.1, 0.15) is 33.8 Å². The molecule has 2 heterocycles. The van der Waals surface area contributed by atoms with Gasteiger partial charge in [-0.2, -0.15) is 13.2 Å². The summed E-state index contributed by atoms with van der Waals surface area (Å²) in [6.45, 7) is 1.16. The van der Waals surface area contributed by atoms with Crippen LogP contribution >= 0.6 is 0 Å². The highest BCUT2D eigenvalue weighted by Gasteiger charge is 2.35. The first-order valence-corrected chi connectivity index (χ1v) is 9.62. The van der Waals surface area contributed by atoms with Gasteiger partial charge in [-0.15, -0.1) is 0 Å². The molecule has 6 nitrogen and oxygen atoms in total. The van der Waals surface area contributed by atoms with Gasteiger partial charge in [-0.25, -0.2) is 14.4 Å². The topological polar surface area (TPSA) is 92.9 Å². The van der Waals surface area contributed by atoms with Gasteiger partial charge in [0, 0.05) is 35.8 Å². The second-order valence-electron chi connectivity index (χ2n) is 7.40. The molecule has 1 fully saturated rings. The fraction of sp³-hybridized carbons (Fsp3) is 0.286. The number of hydrogen-bond donors (Lipinski definition) is 3. The monoisotopic (exact) mass is 433 g/mol. The van der Waals surface area contributed by atoms with Crippen LogP contribution in [0.2, 0.25) is 0 Å². The molecule has 1 aromatic heterocycles. The number of primary amides is 1. The van der Waals surface area contributed by atoms with E-state index in [9.17, 15) is 22.4 Å². The van der Waals surface area contributed by atoms with Crippen molar-refractivity contribution in [3.05, 3.63) is 65.4 Å². The predicted molar refractivity (Wildman–Crippen MR) is 107 cm³/mol. The minimum atomic E-state index is -4.74. The third kappa shape index (κ3) is 4.15. The molecule has 1 amide bonds. The smallest absolute Gasteiger partial charge is 0.380 e. The molecule has 1 saturated heterocycles. The third-order valence-electron chi connectivity index (χ3n) is 5.49. The van der Waals surface area contributed by atoms with Crippen LogP contribution in [0.3, 0.4) is 0 Å². The van der Waals surface area contributed by atoms with Crippen molar-refractivity contribution < 1.29 is 22.4 Å². The molecule has 0 aliphatic carbocycles. The number of alkyl halides is 3. The van der Waals surface area contributed by atoms with Crippen LogP contribution in [-0.4, -0.2) is 35.0 Å². The van der Waals surface area contributed by atoms with Crippen molar-refractivity contribution in [3.63, 3.8) is 0 Å². The average molecular weight is 433 g/mol. The average Bonchev–Trinajstić information content (AvgIpc) is 2.73. The Bertz CT molecular complexity index is 1130. The van der Waals surface area contributed by atoms with Crippen LogP contribution in [0, 0.1) is 5.82 Å². The van der Waals surface area contributed by atoms with E-state index >= 15 is 0 Å². The lowest BCUT2D eigenvalue weighted by Crippen LogP contribution is -2.44. The molecule has 0 spiro atoms. The summed E-state index contributed by atoms with van der Waals surface area (Å²) in [5, 5.41) is 7.19. The van der Waals surface area contributed by atoms with Gasteiger partial charge in [-0.05, 0) is 42.8 Å². The van der Waals surface area contributed by atoms with Crippen LogP contribution in [0.5, 0.6) is 0 Å². The number of anilines is 1. The number of halogens is 4. The molecule has 10 heteroatoms. The Hall–Kier alpha value is -3.27. The standard InChI is InChI=1S/C21H19F4N5O/c22-16-7-11(1-3-15(16)21(23,24)25)12-5-6-27-9-18(12)30-17-4-2-13(20(26)31)19-14(17)8-28-10-29-19/h1-4,7-8,10,12,18,27,30H,5-6,9H2,(H2,26,31)/t12?,18-/m0/s1. The number of nitrogens with zero attached hydrogens (tertiary/aromatic N) is 2. The normalized spacial score (nSPS) is 19.4. The number of piperidine rings is 1. The van der Waals surface area contributed by atoms with Gasteiger partial charge in [-0.1, -0.05) is 6.07 Å². The molecule has 1 unspecified atom stereocenters. The Morgan fingerprint density at radius 1 is 1.23 bits per heavy atom. The Morgan fingerprint density at radius 2 is 2.03 bits per heavy atom. The molecular formula is C21H19F4N5O. The maximum atomic E-state index is 14.2. The Morgan fingerprint density at radius 3 is 2.74 bits per heavy atom. The number of aromatic nitrogens is 2. The quantitative estimate of drug-likeness (QED) is 0.548. The molecule has 1 aliphatic heterocycles. The molecule has 2 atom stereocenters. The third-order valence-corrected chi connectivity index (χ3v) is 5.49. The first-order valence-electron chi connectivity index (χ1n) is 9.62. The van der Waals surface area contributed by atoms with Gasteiger partial charge in [0.25, 0.3) is 5.91 Å². The van der Waals surface area contributed by atoms with Crippen LogP contribution in [0.25, 0.3) is 10.9 Å². The van der Waals surface area contributed by atoms with Gasteiger partial charge in [0.05, 0.1) is 16.6 Å². The van der Waals surface area contributed by atoms with E-state index in [2.05, 4.69) is 20.6 Å². The van der Waals surface area contributed by atoms with E-state index < -0.39 is 23.5 Å². The predicted octanol–water partition coefficient (Wildman–Crippen LogP) is 3.44. The number of fused-ring (bicyclic) bond motifs is 1. The molecule has 4 rings (SSSR count). The summed E-state index contributed by atoms with van der Waals surface area (Å²) in [7, 11) is 0. The first-order chi connectivity index (χ1) is 14.8. The van der Waals surface area contributed by atoms with Crippen LogP contribution < -0.4 is 16.4 Å². The molecule has 31 heavy (non-hydrogen) atoms. The highest BCUT2D eigenvalue weighted by atomic mass is 19.4. The fourth-order valence-electron chi connectivity index (χ4n) is 4.00. The van der Waals surface area contributed by atoms with Gasteiger partial charge < -0.3 is 16.4 Å². The molecule has 0 radical (unpaired) electrons. The molecule has 3 aromatic rings. The number of hydrogen-bond acceptors (Lipinski definition) is 5. The number of benzene rings is 2. The van der Waals surface area contributed by atoms with E-state index in [1.165, 1.54) is 12.4 Å². The van der Waals surface area contributed by atoms with Gasteiger partial charge in [0.2, 0.25) is 0 Å². The number of amides is 1. The summed E-state index contributed by atoms with van der Waals surface area (Å²) in [6, 6.07) is 6.08. The Kier molecular flexibility index (Phi) is 5.48. The van der Waals surface area contributed by atoms with Crippen molar-refractivity contribution in [2.45, 2.75) is 24.6 Å². The first kappa shape index (κ1) is 21.0. The minimum Gasteiger partial charge on any atom is -0.380 e.